The number of carbonyl (C=O) groups is 2. The van der Waals surface area contributed by atoms with Crippen LogP contribution < -0.4 is 5.32 Å². The number of hydrogen-bond donors (Lipinski definition) is 1. The number of carbonyl (C=O) groups excluding carboxylic acids is 2. The standard InChI is InChI=1S/C23H20N4O2/c1-15-22-20(18-6-4-3-5-7-18)12-13-24-23(22)27(26-15)14-21(29)25-19-10-8-17(9-11-19)16(2)28/h3-13H,14H2,1-2H3,(H,25,29). The van der Waals surface area contributed by atoms with Crippen molar-refractivity contribution in [1.82, 2.24) is 14.8 Å². The lowest BCUT2D eigenvalue weighted by molar-refractivity contribution is -0.116. The largest absolute Gasteiger partial charge is 0.324 e. The summed E-state index contributed by atoms with van der Waals surface area (Å²) in [6, 6.07) is 18.8. The number of Topliss-reactive ketones (excluding diaryl/α,β-unsaturated/α-hetero) is 1. The molecule has 29 heavy (non-hydrogen) atoms. The van der Waals surface area contributed by atoms with Gasteiger partial charge in [0, 0.05) is 22.8 Å². The molecule has 0 fully saturated rings. The fourth-order valence-corrected chi connectivity index (χ4v) is 3.37. The topological polar surface area (TPSA) is 76.9 Å². The van der Waals surface area contributed by atoms with Crippen molar-refractivity contribution in [1.29, 1.82) is 0 Å². The van der Waals surface area contributed by atoms with E-state index in [4.69, 9.17) is 0 Å². The molecule has 1 amide bonds. The Kier molecular flexibility index (Phi) is 4.91. The van der Waals surface area contributed by atoms with Crippen LogP contribution in [0.3, 0.4) is 0 Å². The molecule has 0 spiro atoms. The van der Waals surface area contributed by atoms with Crippen molar-refractivity contribution < 1.29 is 9.59 Å². The molecule has 144 valence electrons. The average molecular weight is 384 g/mol. The van der Waals surface area contributed by atoms with Gasteiger partial charge >= 0.3 is 0 Å². The molecule has 0 radical (unpaired) electrons. The highest BCUT2D eigenvalue weighted by molar-refractivity contribution is 5.97. The summed E-state index contributed by atoms with van der Waals surface area (Å²) in [4.78, 5) is 28.4. The molecule has 0 unspecified atom stereocenters. The smallest absolute Gasteiger partial charge is 0.246 e. The summed E-state index contributed by atoms with van der Waals surface area (Å²) in [5.41, 5.74) is 4.86. The lowest BCUT2D eigenvalue weighted by Gasteiger charge is -2.07. The van der Waals surface area contributed by atoms with E-state index in [1.165, 1.54) is 6.92 Å². The van der Waals surface area contributed by atoms with Gasteiger partial charge in [-0.05, 0) is 55.3 Å². The van der Waals surface area contributed by atoms with E-state index in [1.807, 2.05) is 43.3 Å². The zero-order valence-corrected chi connectivity index (χ0v) is 16.2. The lowest BCUT2D eigenvalue weighted by atomic mass is 10.0. The average Bonchev–Trinajstić information content (AvgIpc) is 3.04. The number of rotatable bonds is 5. The minimum Gasteiger partial charge on any atom is -0.324 e. The van der Waals surface area contributed by atoms with Crippen LogP contribution in [0.4, 0.5) is 5.69 Å². The maximum atomic E-state index is 12.5. The molecule has 4 aromatic rings. The highest BCUT2D eigenvalue weighted by Crippen LogP contribution is 2.29. The molecular formula is C23H20N4O2. The van der Waals surface area contributed by atoms with E-state index < -0.39 is 0 Å². The third-order valence-corrected chi connectivity index (χ3v) is 4.76. The first kappa shape index (κ1) is 18.6. The van der Waals surface area contributed by atoms with Crippen molar-refractivity contribution in [3.63, 3.8) is 0 Å². The summed E-state index contributed by atoms with van der Waals surface area (Å²) in [6.07, 6.45) is 1.74. The van der Waals surface area contributed by atoms with E-state index in [-0.39, 0.29) is 18.2 Å². The highest BCUT2D eigenvalue weighted by Gasteiger charge is 2.16. The first-order valence-electron chi connectivity index (χ1n) is 9.31. The van der Waals surface area contributed by atoms with E-state index in [1.54, 1.807) is 35.1 Å². The molecule has 2 aromatic heterocycles. The van der Waals surface area contributed by atoms with Gasteiger partial charge in [-0.2, -0.15) is 5.10 Å². The zero-order valence-electron chi connectivity index (χ0n) is 16.2. The summed E-state index contributed by atoms with van der Waals surface area (Å²) < 4.78 is 1.62. The summed E-state index contributed by atoms with van der Waals surface area (Å²) >= 11 is 0. The van der Waals surface area contributed by atoms with E-state index in [0.29, 0.717) is 16.9 Å². The number of fused-ring (bicyclic) bond motifs is 1. The van der Waals surface area contributed by atoms with Crippen molar-refractivity contribution >= 4 is 28.4 Å². The van der Waals surface area contributed by atoms with E-state index in [9.17, 15) is 9.59 Å². The quantitative estimate of drug-likeness (QED) is 0.522. The number of pyridine rings is 1. The number of benzene rings is 2. The second-order valence-corrected chi connectivity index (χ2v) is 6.85. The molecule has 6 nitrogen and oxygen atoms in total. The summed E-state index contributed by atoms with van der Waals surface area (Å²) in [6.45, 7) is 3.48. The Labute approximate surface area is 168 Å². The van der Waals surface area contributed by atoms with Gasteiger partial charge in [0.1, 0.15) is 6.54 Å². The predicted octanol–water partition coefficient (Wildman–Crippen LogP) is 4.25. The molecule has 0 aliphatic rings. The second-order valence-electron chi connectivity index (χ2n) is 6.85. The van der Waals surface area contributed by atoms with Gasteiger partial charge in [-0.25, -0.2) is 9.67 Å². The van der Waals surface area contributed by atoms with Crippen LogP contribution in [0, 0.1) is 6.92 Å². The van der Waals surface area contributed by atoms with E-state index >= 15 is 0 Å². The molecule has 0 atom stereocenters. The SMILES string of the molecule is CC(=O)c1ccc(NC(=O)Cn2nc(C)c3c(-c4ccccc4)ccnc32)cc1. The minimum absolute atomic E-state index is 0.0124. The summed E-state index contributed by atoms with van der Waals surface area (Å²) in [5.74, 6) is -0.224. The Bertz CT molecular complexity index is 1200. The third-order valence-electron chi connectivity index (χ3n) is 4.76. The van der Waals surface area contributed by atoms with Gasteiger partial charge in [-0.3, -0.25) is 9.59 Å². The van der Waals surface area contributed by atoms with Gasteiger partial charge in [0.25, 0.3) is 0 Å². The van der Waals surface area contributed by atoms with Crippen LogP contribution in [-0.4, -0.2) is 26.5 Å². The third kappa shape index (κ3) is 3.78. The molecule has 1 N–H and O–H groups in total. The number of aryl methyl sites for hydroxylation is 1. The maximum Gasteiger partial charge on any atom is 0.246 e. The normalized spacial score (nSPS) is 10.8. The van der Waals surface area contributed by atoms with Crippen LogP contribution in [0.25, 0.3) is 22.2 Å². The molecule has 6 heteroatoms. The van der Waals surface area contributed by atoms with Gasteiger partial charge < -0.3 is 5.32 Å². The summed E-state index contributed by atoms with van der Waals surface area (Å²) in [7, 11) is 0. The van der Waals surface area contributed by atoms with Crippen LogP contribution in [0.1, 0.15) is 23.0 Å². The van der Waals surface area contributed by atoms with Crippen molar-refractivity contribution in [3.8, 4) is 11.1 Å². The fourth-order valence-electron chi connectivity index (χ4n) is 3.37. The lowest BCUT2D eigenvalue weighted by Crippen LogP contribution is -2.19. The molecule has 0 aliphatic heterocycles. The number of nitrogens with one attached hydrogen (secondary N) is 1. The highest BCUT2D eigenvalue weighted by atomic mass is 16.2. The predicted molar refractivity (Wildman–Crippen MR) is 113 cm³/mol. The van der Waals surface area contributed by atoms with Crippen LogP contribution in [0.15, 0.2) is 66.9 Å². The Morgan fingerprint density at radius 1 is 1.00 bits per heavy atom. The van der Waals surface area contributed by atoms with Gasteiger partial charge in [0.05, 0.1) is 5.69 Å². The van der Waals surface area contributed by atoms with Crippen LogP contribution in [-0.2, 0) is 11.3 Å². The van der Waals surface area contributed by atoms with E-state index in [0.717, 1.165) is 22.2 Å². The first-order chi connectivity index (χ1) is 14.0. The molecule has 0 bridgehead atoms. The number of nitrogens with zero attached hydrogens (tertiary/aromatic N) is 3. The van der Waals surface area contributed by atoms with Gasteiger partial charge in [0.15, 0.2) is 11.4 Å². The Morgan fingerprint density at radius 3 is 2.41 bits per heavy atom. The number of ketones is 1. The number of anilines is 1. The Hall–Kier alpha value is -3.80. The van der Waals surface area contributed by atoms with Crippen LogP contribution in [0.5, 0.6) is 0 Å². The van der Waals surface area contributed by atoms with Crippen LogP contribution in [0.2, 0.25) is 0 Å². The van der Waals surface area contributed by atoms with Gasteiger partial charge in [0.2, 0.25) is 5.91 Å². The van der Waals surface area contributed by atoms with Gasteiger partial charge in [-0.1, -0.05) is 30.3 Å². The molecule has 0 aliphatic carbocycles. The number of amides is 1. The van der Waals surface area contributed by atoms with E-state index in [2.05, 4.69) is 15.4 Å². The Balaban J connectivity index is 1.60. The molecule has 0 saturated heterocycles. The Morgan fingerprint density at radius 2 is 1.72 bits per heavy atom. The number of aromatic nitrogens is 3. The second kappa shape index (κ2) is 7.67. The van der Waals surface area contributed by atoms with Crippen molar-refractivity contribution in [2.45, 2.75) is 20.4 Å². The molecule has 0 saturated carbocycles. The fraction of sp³-hybridized carbons (Fsp3) is 0.130. The minimum atomic E-state index is -0.211. The van der Waals surface area contributed by atoms with Crippen molar-refractivity contribution in [2.75, 3.05) is 5.32 Å². The maximum absolute atomic E-state index is 12.5. The zero-order chi connectivity index (χ0) is 20.4. The summed E-state index contributed by atoms with van der Waals surface area (Å²) in [5, 5.41) is 8.32. The monoisotopic (exact) mass is 384 g/mol. The van der Waals surface area contributed by atoms with Crippen LogP contribution >= 0.6 is 0 Å². The molecular weight excluding hydrogens is 364 g/mol. The van der Waals surface area contributed by atoms with Crippen molar-refractivity contribution in [2.24, 2.45) is 0 Å². The molecule has 2 heterocycles. The number of hydrogen-bond acceptors (Lipinski definition) is 4. The molecule has 4 rings (SSSR count). The van der Waals surface area contributed by atoms with Gasteiger partial charge in [-0.15, -0.1) is 0 Å². The molecule has 2 aromatic carbocycles. The van der Waals surface area contributed by atoms with Crippen molar-refractivity contribution in [3.05, 3.63) is 78.1 Å². The first-order valence-corrected chi connectivity index (χ1v) is 9.31.